The lowest BCUT2D eigenvalue weighted by molar-refractivity contribution is -0.131. The Morgan fingerprint density at radius 2 is 2.08 bits per heavy atom. The van der Waals surface area contributed by atoms with Gasteiger partial charge in [-0.25, -0.2) is 14.8 Å². The Balaban J connectivity index is 1.81. The zero-order valence-electron chi connectivity index (χ0n) is 21.6. The SMILES string of the molecule is COCCNc1cc(NC(=O)N2CCCc3cc(CN(C)C(=O)CN(C)C)c(C=O)nc32)ncc1C#N. The van der Waals surface area contributed by atoms with Gasteiger partial charge >= 0.3 is 6.03 Å². The first-order chi connectivity index (χ1) is 17.8. The van der Waals surface area contributed by atoms with E-state index in [-0.39, 0.29) is 30.5 Å². The molecule has 3 rings (SSSR count). The number of carbonyl (C=O) groups excluding carboxylic acids is 3. The van der Waals surface area contributed by atoms with Gasteiger partial charge in [0, 0.05) is 51.6 Å². The summed E-state index contributed by atoms with van der Waals surface area (Å²) in [6, 6.07) is 5.06. The number of aldehydes is 1. The fraction of sp³-hybridized carbons (Fsp3) is 0.440. The van der Waals surface area contributed by atoms with Gasteiger partial charge in [-0.15, -0.1) is 0 Å². The molecule has 0 aromatic carbocycles. The summed E-state index contributed by atoms with van der Waals surface area (Å²) in [5.41, 5.74) is 2.51. The fourth-order valence-corrected chi connectivity index (χ4v) is 3.94. The van der Waals surface area contributed by atoms with Crippen LogP contribution in [0.5, 0.6) is 0 Å². The third kappa shape index (κ3) is 6.99. The summed E-state index contributed by atoms with van der Waals surface area (Å²) in [6.45, 7) is 1.85. The molecule has 0 saturated heterocycles. The largest absolute Gasteiger partial charge is 0.383 e. The van der Waals surface area contributed by atoms with Crippen molar-refractivity contribution in [1.82, 2.24) is 19.8 Å². The lowest BCUT2D eigenvalue weighted by Crippen LogP contribution is -2.40. The summed E-state index contributed by atoms with van der Waals surface area (Å²) in [4.78, 5) is 50.9. The molecular formula is C25H32N8O4. The number of anilines is 3. The molecule has 0 aliphatic carbocycles. The first-order valence-corrected chi connectivity index (χ1v) is 11.9. The van der Waals surface area contributed by atoms with Crippen LogP contribution in [-0.4, -0.2) is 92.5 Å². The van der Waals surface area contributed by atoms with E-state index < -0.39 is 6.03 Å². The summed E-state index contributed by atoms with van der Waals surface area (Å²) in [7, 11) is 6.89. The van der Waals surface area contributed by atoms with Crippen LogP contribution in [0.1, 0.15) is 33.6 Å². The zero-order chi connectivity index (χ0) is 26.9. The smallest absolute Gasteiger partial charge is 0.328 e. The van der Waals surface area contributed by atoms with Crippen molar-refractivity contribution < 1.29 is 19.1 Å². The molecule has 0 unspecified atom stereocenters. The van der Waals surface area contributed by atoms with Gasteiger partial charge in [-0.3, -0.25) is 19.8 Å². The Morgan fingerprint density at radius 3 is 2.76 bits per heavy atom. The summed E-state index contributed by atoms with van der Waals surface area (Å²) >= 11 is 0. The second-order valence-electron chi connectivity index (χ2n) is 8.95. The maximum atomic E-state index is 13.2. The lowest BCUT2D eigenvalue weighted by Gasteiger charge is -2.29. The second-order valence-corrected chi connectivity index (χ2v) is 8.95. The monoisotopic (exact) mass is 508 g/mol. The molecule has 0 radical (unpaired) electrons. The number of fused-ring (bicyclic) bond motifs is 1. The maximum absolute atomic E-state index is 13.2. The predicted molar refractivity (Wildman–Crippen MR) is 139 cm³/mol. The number of methoxy groups -OCH3 is 1. The van der Waals surface area contributed by atoms with Crippen molar-refractivity contribution in [2.75, 3.05) is 70.0 Å². The third-order valence-corrected chi connectivity index (χ3v) is 5.80. The van der Waals surface area contributed by atoms with Gasteiger partial charge in [0.25, 0.3) is 0 Å². The third-order valence-electron chi connectivity index (χ3n) is 5.80. The summed E-state index contributed by atoms with van der Waals surface area (Å²) < 4.78 is 5.03. The quantitative estimate of drug-likeness (QED) is 0.362. The van der Waals surface area contributed by atoms with Crippen molar-refractivity contribution in [2.24, 2.45) is 0 Å². The van der Waals surface area contributed by atoms with E-state index in [1.165, 1.54) is 11.1 Å². The van der Waals surface area contributed by atoms with Crippen LogP contribution < -0.4 is 15.5 Å². The molecule has 2 aromatic heterocycles. The zero-order valence-corrected chi connectivity index (χ0v) is 21.6. The molecule has 0 spiro atoms. The van der Waals surface area contributed by atoms with Gasteiger partial charge in [0.15, 0.2) is 6.29 Å². The number of urea groups is 1. The molecule has 12 heteroatoms. The summed E-state index contributed by atoms with van der Waals surface area (Å²) in [5.74, 6) is 0.597. The highest BCUT2D eigenvalue weighted by molar-refractivity contribution is 6.01. The topological polar surface area (TPSA) is 144 Å². The van der Waals surface area contributed by atoms with Gasteiger partial charge < -0.3 is 19.9 Å². The Morgan fingerprint density at radius 1 is 1.30 bits per heavy atom. The number of nitrogens with one attached hydrogen (secondary N) is 2. The number of pyridine rings is 2. The van der Waals surface area contributed by atoms with Crippen molar-refractivity contribution in [3.63, 3.8) is 0 Å². The van der Waals surface area contributed by atoms with Gasteiger partial charge in [-0.1, -0.05) is 0 Å². The number of amides is 3. The predicted octanol–water partition coefficient (Wildman–Crippen LogP) is 1.72. The van der Waals surface area contributed by atoms with E-state index in [4.69, 9.17) is 4.74 Å². The van der Waals surface area contributed by atoms with E-state index >= 15 is 0 Å². The van der Waals surface area contributed by atoms with Crippen molar-refractivity contribution in [1.29, 1.82) is 5.26 Å². The van der Waals surface area contributed by atoms with Crippen LogP contribution >= 0.6 is 0 Å². The molecule has 37 heavy (non-hydrogen) atoms. The number of aromatic nitrogens is 2. The molecule has 2 N–H and O–H groups in total. The van der Waals surface area contributed by atoms with Gasteiger partial charge in [0.1, 0.15) is 23.4 Å². The average molecular weight is 509 g/mol. The number of rotatable bonds is 10. The minimum absolute atomic E-state index is 0.0773. The highest BCUT2D eigenvalue weighted by Crippen LogP contribution is 2.28. The lowest BCUT2D eigenvalue weighted by atomic mass is 10.0. The molecule has 0 fully saturated rings. The Labute approximate surface area is 216 Å². The van der Waals surface area contributed by atoms with Crippen LogP contribution in [0.2, 0.25) is 0 Å². The highest BCUT2D eigenvalue weighted by Gasteiger charge is 2.27. The number of ether oxygens (including phenoxy) is 1. The van der Waals surface area contributed by atoms with Crippen molar-refractivity contribution in [2.45, 2.75) is 19.4 Å². The first-order valence-electron chi connectivity index (χ1n) is 11.9. The van der Waals surface area contributed by atoms with Crippen molar-refractivity contribution in [3.05, 3.63) is 40.7 Å². The number of hydrogen-bond donors (Lipinski definition) is 2. The Kier molecular flexibility index (Phi) is 9.48. The summed E-state index contributed by atoms with van der Waals surface area (Å²) in [5, 5.41) is 15.2. The van der Waals surface area contributed by atoms with E-state index in [0.29, 0.717) is 61.5 Å². The number of aryl methyl sites for hydroxylation is 1. The molecule has 0 bridgehead atoms. The van der Waals surface area contributed by atoms with E-state index in [1.807, 2.05) is 20.2 Å². The number of likely N-dealkylation sites (N-methyl/N-ethyl adjacent to an activating group) is 2. The molecule has 0 atom stereocenters. The van der Waals surface area contributed by atoms with E-state index in [0.717, 1.165) is 5.56 Å². The molecule has 12 nitrogen and oxygen atoms in total. The van der Waals surface area contributed by atoms with E-state index in [1.54, 1.807) is 30.0 Å². The molecule has 3 heterocycles. The van der Waals surface area contributed by atoms with Crippen LogP contribution in [0.4, 0.5) is 22.1 Å². The van der Waals surface area contributed by atoms with Gasteiger partial charge in [-0.05, 0) is 38.6 Å². The van der Waals surface area contributed by atoms with Gasteiger partial charge in [0.05, 0.1) is 24.4 Å². The fourth-order valence-electron chi connectivity index (χ4n) is 3.94. The van der Waals surface area contributed by atoms with Crippen LogP contribution in [0, 0.1) is 11.3 Å². The van der Waals surface area contributed by atoms with E-state index in [9.17, 15) is 19.6 Å². The maximum Gasteiger partial charge on any atom is 0.328 e. The molecule has 1 aliphatic heterocycles. The second kappa shape index (κ2) is 12.8. The van der Waals surface area contributed by atoms with Crippen LogP contribution in [0.25, 0.3) is 0 Å². The van der Waals surface area contributed by atoms with Crippen LogP contribution in [0.15, 0.2) is 18.3 Å². The van der Waals surface area contributed by atoms with E-state index in [2.05, 4.69) is 26.7 Å². The first kappa shape index (κ1) is 27.5. The van der Waals surface area contributed by atoms with Crippen molar-refractivity contribution >= 4 is 35.5 Å². The van der Waals surface area contributed by atoms with Crippen LogP contribution in [0.3, 0.4) is 0 Å². The molecule has 1 aliphatic rings. The summed E-state index contributed by atoms with van der Waals surface area (Å²) in [6.07, 6.45) is 3.43. The molecule has 3 amide bonds. The highest BCUT2D eigenvalue weighted by atomic mass is 16.5. The normalized spacial score (nSPS) is 12.5. The van der Waals surface area contributed by atoms with Gasteiger partial charge in [0.2, 0.25) is 5.91 Å². The molecule has 196 valence electrons. The number of nitriles is 1. The minimum atomic E-state index is -0.448. The minimum Gasteiger partial charge on any atom is -0.383 e. The average Bonchev–Trinajstić information content (AvgIpc) is 2.87. The molecule has 2 aromatic rings. The molecular weight excluding hydrogens is 476 g/mol. The van der Waals surface area contributed by atoms with Gasteiger partial charge in [-0.2, -0.15) is 5.26 Å². The number of nitrogens with zero attached hydrogens (tertiary/aromatic N) is 6. The number of hydrogen-bond acceptors (Lipinski definition) is 9. The number of carbonyl (C=O) groups is 3. The Hall–Kier alpha value is -4.08. The standard InChI is InChI=1S/C25H32N8O4/c1-31(2)15-23(35)32(3)14-18-10-17-6-5-8-33(24(17)29-21(18)16-34)25(36)30-22-11-20(27-7-9-37-4)19(12-26)13-28-22/h10-11,13,16H,5-9,14-15H2,1-4H3,(H2,27,28,30,36). The van der Waals surface area contributed by atoms with Crippen molar-refractivity contribution in [3.8, 4) is 6.07 Å². The van der Waals surface area contributed by atoms with Crippen LogP contribution in [-0.2, 0) is 22.5 Å². The Bertz CT molecular complexity index is 1190. The molecule has 0 saturated carbocycles.